The molecule has 0 amide bonds. The van der Waals surface area contributed by atoms with Gasteiger partial charge in [0, 0.05) is 19.2 Å². The molecule has 0 bridgehead atoms. The van der Waals surface area contributed by atoms with Crippen molar-refractivity contribution < 1.29 is 13.2 Å². The number of anilines is 1. The van der Waals surface area contributed by atoms with Gasteiger partial charge in [0.05, 0.1) is 5.56 Å². The van der Waals surface area contributed by atoms with Gasteiger partial charge in [0.2, 0.25) is 0 Å². The second kappa shape index (κ2) is 5.40. The molecule has 0 unspecified atom stereocenters. The second-order valence-electron chi connectivity index (χ2n) is 3.00. The molecular formula is C11H11F3N2. The summed E-state index contributed by atoms with van der Waals surface area (Å²) in [7, 11) is 0. The smallest absolute Gasteiger partial charge is 0.369 e. The van der Waals surface area contributed by atoms with Crippen molar-refractivity contribution in [2.24, 2.45) is 0 Å². The molecule has 5 heteroatoms. The minimum Gasteiger partial charge on any atom is -0.369 e. The standard InChI is InChI=1S/C11H11F3N2/c1-2-3-4-7-15-10-9(11(12,13)14)6-5-8-16-10/h5-6,8H,4,7H2,1H3,(H,15,16). The van der Waals surface area contributed by atoms with Gasteiger partial charge in [0.25, 0.3) is 0 Å². The minimum absolute atomic E-state index is 0.145. The molecule has 0 saturated heterocycles. The molecule has 0 spiro atoms. The van der Waals surface area contributed by atoms with Gasteiger partial charge in [-0.05, 0) is 19.1 Å². The highest BCUT2D eigenvalue weighted by Crippen LogP contribution is 2.33. The zero-order valence-electron chi connectivity index (χ0n) is 8.73. The van der Waals surface area contributed by atoms with Gasteiger partial charge in [-0.15, -0.1) is 11.8 Å². The number of nitrogens with zero attached hydrogens (tertiary/aromatic N) is 1. The van der Waals surface area contributed by atoms with Crippen LogP contribution in [0.1, 0.15) is 18.9 Å². The van der Waals surface area contributed by atoms with Crippen LogP contribution >= 0.6 is 0 Å². The van der Waals surface area contributed by atoms with Crippen LogP contribution < -0.4 is 5.32 Å². The average Bonchev–Trinajstić information content (AvgIpc) is 2.24. The monoisotopic (exact) mass is 228 g/mol. The predicted octanol–water partition coefficient (Wildman–Crippen LogP) is 2.93. The normalized spacial score (nSPS) is 10.5. The number of pyridine rings is 1. The number of aromatic nitrogens is 1. The van der Waals surface area contributed by atoms with Gasteiger partial charge in [-0.2, -0.15) is 13.2 Å². The maximum absolute atomic E-state index is 12.5. The van der Waals surface area contributed by atoms with E-state index in [0.29, 0.717) is 13.0 Å². The highest BCUT2D eigenvalue weighted by molar-refractivity contribution is 5.45. The van der Waals surface area contributed by atoms with Crippen LogP contribution in [0.5, 0.6) is 0 Å². The lowest BCUT2D eigenvalue weighted by molar-refractivity contribution is -0.137. The number of alkyl halides is 3. The zero-order valence-corrected chi connectivity index (χ0v) is 8.73. The van der Waals surface area contributed by atoms with Crippen LogP contribution in [0.25, 0.3) is 0 Å². The SMILES string of the molecule is CC#CCCNc1ncccc1C(F)(F)F. The number of hydrogen-bond acceptors (Lipinski definition) is 2. The first kappa shape index (κ1) is 12.4. The van der Waals surface area contributed by atoms with E-state index in [9.17, 15) is 13.2 Å². The van der Waals surface area contributed by atoms with Crippen molar-refractivity contribution in [1.82, 2.24) is 4.98 Å². The summed E-state index contributed by atoms with van der Waals surface area (Å²) in [6.45, 7) is 2.03. The van der Waals surface area contributed by atoms with Crippen molar-refractivity contribution in [3.63, 3.8) is 0 Å². The molecule has 16 heavy (non-hydrogen) atoms. The Morgan fingerprint density at radius 2 is 2.19 bits per heavy atom. The summed E-state index contributed by atoms with van der Waals surface area (Å²) >= 11 is 0. The third kappa shape index (κ3) is 3.46. The van der Waals surface area contributed by atoms with Gasteiger partial charge in [-0.1, -0.05) is 0 Å². The van der Waals surface area contributed by atoms with E-state index in [1.807, 2.05) is 0 Å². The molecule has 1 rings (SSSR count). The summed E-state index contributed by atoms with van der Waals surface area (Å²) in [5.74, 6) is 5.28. The van der Waals surface area contributed by atoms with Crippen molar-refractivity contribution in [3.8, 4) is 11.8 Å². The largest absolute Gasteiger partial charge is 0.419 e. The van der Waals surface area contributed by atoms with Crippen LogP contribution in [-0.4, -0.2) is 11.5 Å². The molecule has 0 saturated carbocycles. The fraction of sp³-hybridized carbons (Fsp3) is 0.364. The van der Waals surface area contributed by atoms with Crippen LogP contribution in [0.15, 0.2) is 18.3 Å². The third-order valence-electron chi connectivity index (χ3n) is 1.83. The summed E-state index contributed by atoms with van der Waals surface area (Å²) < 4.78 is 37.5. The number of hydrogen-bond donors (Lipinski definition) is 1. The summed E-state index contributed by atoms with van der Waals surface area (Å²) in [5, 5.41) is 2.62. The van der Waals surface area contributed by atoms with Crippen LogP contribution in [-0.2, 0) is 6.18 Å². The van der Waals surface area contributed by atoms with Gasteiger partial charge in [-0.25, -0.2) is 4.98 Å². The summed E-state index contributed by atoms with van der Waals surface area (Å²) in [6, 6.07) is 2.26. The molecule has 0 aliphatic heterocycles. The maximum Gasteiger partial charge on any atom is 0.419 e. The lowest BCUT2D eigenvalue weighted by Crippen LogP contribution is -2.12. The van der Waals surface area contributed by atoms with Crippen molar-refractivity contribution in [2.75, 3.05) is 11.9 Å². The summed E-state index contributed by atoms with van der Waals surface area (Å²) in [6.07, 6.45) is -2.57. The molecule has 1 aromatic heterocycles. The molecule has 0 aromatic carbocycles. The molecular weight excluding hydrogens is 217 g/mol. The second-order valence-corrected chi connectivity index (χ2v) is 3.00. The van der Waals surface area contributed by atoms with Crippen LogP contribution in [0.2, 0.25) is 0 Å². The molecule has 0 radical (unpaired) electrons. The van der Waals surface area contributed by atoms with E-state index >= 15 is 0 Å². The first-order valence-corrected chi connectivity index (χ1v) is 4.71. The highest BCUT2D eigenvalue weighted by Gasteiger charge is 2.33. The molecule has 86 valence electrons. The van der Waals surface area contributed by atoms with Crippen molar-refractivity contribution in [1.29, 1.82) is 0 Å². The minimum atomic E-state index is -4.38. The van der Waals surface area contributed by atoms with Crippen LogP contribution in [0.3, 0.4) is 0 Å². The van der Waals surface area contributed by atoms with E-state index in [2.05, 4.69) is 22.1 Å². The lowest BCUT2D eigenvalue weighted by Gasteiger charge is -2.12. The van der Waals surface area contributed by atoms with Gasteiger partial charge < -0.3 is 5.32 Å². The van der Waals surface area contributed by atoms with E-state index in [0.717, 1.165) is 6.07 Å². The number of nitrogens with one attached hydrogen (secondary N) is 1. The fourth-order valence-electron chi connectivity index (χ4n) is 1.14. The van der Waals surface area contributed by atoms with E-state index in [4.69, 9.17) is 0 Å². The van der Waals surface area contributed by atoms with Gasteiger partial charge in [0.15, 0.2) is 0 Å². The summed E-state index contributed by atoms with van der Waals surface area (Å²) in [4.78, 5) is 3.66. The molecule has 0 fully saturated rings. The maximum atomic E-state index is 12.5. The molecule has 0 atom stereocenters. The van der Waals surface area contributed by atoms with Crippen molar-refractivity contribution in [3.05, 3.63) is 23.9 Å². The van der Waals surface area contributed by atoms with E-state index < -0.39 is 11.7 Å². The Balaban J connectivity index is 2.74. The van der Waals surface area contributed by atoms with E-state index in [1.165, 1.54) is 12.3 Å². The molecule has 2 nitrogen and oxygen atoms in total. The van der Waals surface area contributed by atoms with Crippen LogP contribution in [0, 0.1) is 11.8 Å². The third-order valence-corrected chi connectivity index (χ3v) is 1.83. The first-order chi connectivity index (χ1) is 7.55. The predicted molar refractivity (Wildman–Crippen MR) is 55.8 cm³/mol. The van der Waals surface area contributed by atoms with Gasteiger partial charge in [-0.3, -0.25) is 0 Å². The zero-order chi connectivity index (χ0) is 12.0. The molecule has 0 aliphatic rings. The lowest BCUT2D eigenvalue weighted by atomic mass is 10.2. The molecule has 1 aromatic rings. The Hall–Kier alpha value is -1.70. The topological polar surface area (TPSA) is 24.9 Å². The van der Waals surface area contributed by atoms with E-state index in [1.54, 1.807) is 6.92 Å². The Morgan fingerprint density at radius 3 is 2.81 bits per heavy atom. The van der Waals surface area contributed by atoms with Gasteiger partial charge >= 0.3 is 6.18 Å². The first-order valence-electron chi connectivity index (χ1n) is 4.71. The number of rotatable bonds is 3. The van der Waals surface area contributed by atoms with Crippen LogP contribution in [0.4, 0.5) is 19.0 Å². The van der Waals surface area contributed by atoms with E-state index in [-0.39, 0.29) is 5.82 Å². The molecule has 1 N–H and O–H groups in total. The average molecular weight is 228 g/mol. The van der Waals surface area contributed by atoms with Gasteiger partial charge in [0.1, 0.15) is 5.82 Å². The number of halogens is 3. The quantitative estimate of drug-likeness (QED) is 0.635. The molecule has 1 heterocycles. The Kier molecular flexibility index (Phi) is 4.18. The van der Waals surface area contributed by atoms with Crippen molar-refractivity contribution in [2.45, 2.75) is 19.5 Å². The Labute approximate surface area is 91.9 Å². The highest BCUT2D eigenvalue weighted by atomic mass is 19.4. The Morgan fingerprint density at radius 1 is 1.44 bits per heavy atom. The Bertz CT molecular complexity index is 402. The molecule has 0 aliphatic carbocycles. The van der Waals surface area contributed by atoms with Crippen molar-refractivity contribution >= 4 is 5.82 Å². The summed E-state index contributed by atoms with van der Waals surface area (Å²) in [5.41, 5.74) is -0.751. The fourth-order valence-corrected chi connectivity index (χ4v) is 1.14.